The van der Waals surface area contributed by atoms with Crippen LogP contribution in [0.25, 0.3) is 0 Å². The molecule has 0 aliphatic carbocycles. The van der Waals surface area contributed by atoms with Crippen LogP contribution >= 0.6 is 24.0 Å². The molecule has 1 aliphatic rings. The maximum absolute atomic E-state index is 13.4. The molecule has 4 nitrogen and oxygen atoms in total. The van der Waals surface area contributed by atoms with E-state index in [9.17, 15) is 8.78 Å². The fourth-order valence-electron chi connectivity index (χ4n) is 3.73. The molecular weight excluding hydrogens is 455 g/mol. The molecule has 0 atom stereocenters. The predicted molar refractivity (Wildman–Crippen MR) is 126 cm³/mol. The van der Waals surface area contributed by atoms with Crippen molar-refractivity contribution in [1.29, 1.82) is 0 Å². The van der Waals surface area contributed by atoms with E-state index in [4.69, 9.17) is 16.3 Å². The molecule has 1 saturated heterocycles. The number of hydrogen-bond acceptors (Lipinski definition) is 4. The number of ether oxygens (including phenoxy) is 1. The lowest BCUT2D eigenvalue weighted by atomic mass is 10.0. The largest absolute Gasteiger partial charge is 0.367 e. The minimum absolute atomic E-state index is 0. The zero-order valence-electron chi connectivity index (χ0n) is 17.5. The molecule has 0 unspecified atom stereocenters. The van der Waals surface area contributed by atoms with Gasteiger partial charge in [0, 0.05) is 32.7 Å². The van der Waals surface area contributed by atoms with Crippen LogP contribution in [0.5, 0.6) is 0 Å². The van der Waals surface area contributed by atoms with Gasteiger partial charge in [0.2, 0.25) is 0 Å². The predicted octanol–water partition coefficient (Wildman–Crippen LogP) is 5.36. The van der Waals surface area contributed by atoms with Crippen LogP contribution < -0.4 is 4.90 Å². The third-order valence-electron chi connectivity index (χ3n) is 5.43. The lowest BCUT2D eigenvalue weighted by Crippen LogP contribution is -2.47. The Bertz CT molecular complexity index is 936. The van der Waals surface area contributed by atoms with Crippen molar-refractivity contribution in [3.63, 3.8) is 0 Å². The zero-order chi connectivity index (χ0) is 21.6. The summed E-state index contributed by atoms with van der Waals surface area (Å²) in [5, 5.41) is 0.501. The van der Waals surface area contributed by atoms with Crippen LogP contribution in [0.2, 0.25) is 5.15 Å². The van der Waals surface area contributed by atoms with E-state index in [0.29, 0.717) is 11.8 Å². The van der Waals surface area contributed by atoms with E-state index in [1.165, 1.54) is 24.3 Å². The molecule has 0 bridgehead atoms. The first-order chi connectivity index (χ1) is 15.1. The fraction of sp³-hybridized carbons (Fsp3) is 0.292. The summed E-state index contributed by atoms with van der Waals surface area (Å²) in [7, 11) is 0. The van der Waals surface area contributed by atoms with E-state index in [1.807, 2.05) is 12.1 Å². The van der Waals surface area contributed by atoms with Crippen LogP contribution in [-0.2, 0) is 4.74 Å². The van der Waals surface area contributed by atoms with Crippen molar-refractivity contribution in [3.8, 4) is 0 Å². The maximum atomic E-state index is 13.4. The Morgan fingerprint density at radius 1 is 0.844 bits per heavy atom. The molecule has 4 rings (SSSR count). The van der Waals surface area contributed by atoms with E-state index in [0.717, 1.165) is 49.7 Å². The molecule has 3 aromatic rings. The topological polar surface area (TPSA) is 28.6 Å². The Morgan fingerprint density at radius 3 is 1.94 bits per heavy atom. The highest BCUT2D eigenvalue weighted by atomic mass is 35.5. The molecule has 2 aromatic carbocycles. The highest BCUT2D eigenvalue weighted by Gasteiger charge is 2.20. The van der Waals surface area contributed by atoms with Crippen LogP contribution in [-0.4, -0.2) is 49.2 Å². The fourth-order valence-corrected chi connectivity index (χ4v) is 3.89. The Balaban J connectivity index is 0.00000289. The van der Waals surface area contributed by atoms with E-state index in [2.05, 4.69) is 14.8 Å². The number of piperazine rings is 1. The first-order valence-corrected chi connectivity index (χ1v) is 10.7. The highest BCUT2D eigenvalue weighted by Crippen LogP contribution is 2.26. The van der Waals surface area contributed by atoms with Crippen LogP contribution in [0.15, 0.2) is 66.7 Å². The van der Waals surface area contributed by atoms with Crippen LogP contribution in [0.4, 0.5) is 14.6 Å². The Morgan fingerprint density at radius 2 is 1.41 bits per heavy atom. The van der Waals surface area contributed by atoms with Gasteiger partial charge in [-0.3, -0.25) is 4.90 Å². The lowest BCUT2D eigenvalue weighted by Gasteiger charge is -2.35. The number of anilines is 1. The van der Waals surface area contributed by atoms with Crippen molar-refractivity contribution in [2.24, 2.45) is 0 Å². The van der Waals surface area contributed by atoms with Crippen molar-refractivity contribution in [2.45, 2.75) is 6.10 Å². The summed E-state index contributed by atoms with van der Waals surface area (Å²) in [4.78, 5) is 8.95. The third kappa shape index (κ3) is 6.39. The van der Waals surface area contributed by atoms with Gasteiger partial charge in [-0.25, -0.2) is 13.8 Å². The number of pyridine rings is 1. The molecule has 0 radical (unpaired) electrons. The van der Waals surface area contributed by atoms with Gasteiger partial charge in [-0.2, -0.15) is 0 Å². The molecule has 170 valence electrons. The van der Waals surface area contributed by atoms with Crippen LogP contribution in [0, 0.1) is 11.6 Å². The molecule has 32 heavy (non-hydrogen) atoms. The SMILES string of the molecule is Cl.Fc1ccc(C(OCCN2CCN(c3cccc(Cl)n3)CC2)c2ccc(F)cc2)cc1. The molecular formula is C24H25Cl2F2N3O. The second-order valence-corrected chi connectivity index (χ2v) is 7.89. The standard InChI is InChI=1S/C24H24ClF2N3O.ClH/c25-22-2-1-3-23(28-22)30-14-12-29(13-15-30)16-17-31-24(18-4-8-20(26)9-5-18)19-6-10-21(27)11-7-19;/h1-11,24H,12-17H2;1H. The van der Waals surface area contributed by atoms with Gasteiger partial charge in [0.25, 0.3) is 0 Å². The highest BCUT2D eigenvalue weighted by molar-refractivity contribution is 6.29. The Labute approximate surface area is 198 Å². The van der Waals surface area contributed by atoms with E-state index < -0.39 is 0 Å². The van der Waals surface area contributed by atoms with E-state index in [-0.39, 0.29) is 30.1 Å². The second kappa shape index (κ2) is 11.6. The quantitative estimate of drug-likeness (QED) is 0.426. The maximum Gasteiger partial charge on any atom is 0.131 e. The molecule has 2 heterocycles. The summed E-state index contributed by atoms with van der Waals surface area (Å²) in [6.45, 7) is 4.81. The average Bonchev–Trinajstić information content (AvgIpc) is 2.79. The summed E-state index contributed by atoms with van der Waals surface area (Å²) < 4.78 is 32.9. The summed E-state index contributed by atoms with van der Waals surface area (Å²) in [6, 6.07) is 18.2. The summed E-state index contributed by atoms with van der Waals surface area (Å²) in [5.74, 6) is 0.304. The number of aromatic nitrogens is 1. The Kier molecular flexibility index (Phi) is 8.82. The average molecular weight is 480 g/mol. The zero-order valence-corrected chi connectivity index (χ0v) is 19.0. The minimum Gasteiger partial charge on any atom is -0.367 e. The molecule has 8 heteroatoms. The van der Waals surface area contributed by atoms with Crippen molar-refractivity contribution >= 4 is 29.8 Å². The van der Waals surface area contributed by atoms with Gasteiger partial charge in [-0.1, -0.05) is 41.9 Å². The lowest BCUT2D eigenvalue weighted by molar-refractivity contribution is 0.0585. The van der Waals surface area contributed by atoms with Crippen molar-refractivity contribution < 1.29 is 13.5 Å². The molecule has 0 saturated carbocycles. The number of nitrogens with zero attached hydrogens (tertiary/aromatic N) is 3. The molecule has 1 aromatic heterocycles. The van der Waals surface area contributed by atoms with Gasteiger partial charge in [0.1, 0.15) is 28.7 Å². The van der Waals surface area contributed by atoms with E-state index in [1.54, 1.807) is 30.3 Å². The van der Waals surface area contributed by atoms with Crippen molar-refractivity contribution in [3.05, 3.63) is 94.6 Å². The van der Waals surface area contributed by atoms with Gasteiger partial charge < -0.3 is 9.64 Å². The normalized spacial score (nSPS) is 14.4. The van der Waals surface area contributed by atoms with Gasteiger partial charge >= 0.3 is 0 Å². The molecule has 1 fully saturated rings. The molecule has 0 spiro atoms. The van der Waals surface area contributed by atoms with Crippen molar-refractivity contribution in [2.75, 3.05) is 44.2 Å². The van der Waals surface area contributed by atoms with Crippen LogP contribution in [0.3, 0.4) is 0 Å². The first-order valence-electron chi connectivity index (χ1n) is 10.3. The van der Waals surface area contributed by atoms with Crippen LogP contribution in [0.1, 0.15) is 17.2 Å². The second-order valence-electron chi connectivity index (χ2n) is 7.50. The summed E-state index contributed by atoms with van der Waals surface area (Å²) in [5.41, 5.74) is 1.68. The van der Waals surface area contributed by atoms with Gasteiger partial charge in [-0.15, -0.1) is 12.4 Å². The first kappa shape index (κ1) is 24.4. The van der Waals surface area contributed by atoms with Crippen molar-refractivity contribution in [1.82, 2.24) is 9.88 Å². The number of benzene rings is 2. The number of halogens is 4. The molecule has 1 aliphatic heterocycles. The Hall–Kier alpha value is -2.25. The molecule has 0 N–H and O–H groups in total. The third-order valence-corrected chi connectivity index (χ3v) is 5.64. The summed E-state index contributed by atoms with van der Waals surface area (Å²) >= 11 is 6.00. The number of rotatable bonds is 7. The van der Waals surface area contributed by atoms with Gasteiger partial charge in [0.05, 0.1) is 6.61 Å². The van der Waals surface area contributed by atoms with E-state index >= 15 is 0 Å². The van der Waals surface area contributed by atoms with Gasteiger partial charge in [0.15, 0.2) is 0 Å². The summed E-state index contributed by atoms with van der Waals surface area (Å²) in [6.07, 6.45) is -0.377. The van der Waals surface area contributed by atoms with Gasteiger partial charge in [-0.05, 0) is 47.5 Å². The minimum atomic E-state index is -0.377. The molecule has 0 amide bonds. The smallest absolute Gasteiger partial charge is 0.131 e. The monoisotopic (exact) mass is 479 g/mol. The number of hydrogen-bond donors (Lipinski definition) is 0.